The highest BCUT2D eigenvalue weighted by molar-refractivity contribution is 7.14. The summed E-state index contributed by atoms with van der Waals surface area (Å²) >= 11 is 2.61. The highest BCUT2D eigenvalue weighted by Gasteiger charge is 2.16. The van der Waals surface area contributed by atoms with Gasteiger partial charge in [0.2, 0.25) is 0 Å². The molecule has 0 aliphatic rings. The third kappa shape index (κ3) is 4.62. The molecule has 9 nitrogen and oxygen atoms in total. The van der Waals surface area contributed by atoms with Gasteiger partial charge in [0, 0.05) is 35.8 Å². The van der Waals surface area contributed by atoms with Gasteiger partial charge in [0.25, 0.3) is 5.91 Å². The second-order valence-electron chi connectivity index (χ2n) is 6.63. The average Bonchev–Trinajstić information content (AvgIpc) is 3.46. The molecule has 0 radical (unpaired) electrons. The second kappa shape index (κ2) is 8.66. The molecule has 3 heterocycles. The normalized spacial score (nSPS) is 10.8. The lowest BCUT2D eigenvalue weighted by Gasteiger charge is -2.04. The topological polar surface area (TPSA) is 112 Å². The summed E-state index contributed by atoms with van der Waals surface area (Å²) in [6, 6.07) is 7.88. The van der Waals surface area contributed by atoms with Crippen LogP contribution in [0, 0.1) is 17.0 Å². The number of aryl methyl sites for hydroxylation is 2. The molecular weight excluding hydrogens is 438 g/mol. The van der Waals surface area contributed by atoms with E-state index in [1.807, 2.05) is 25.5 Å². The molecule has 3 aromatic heterocycles. The predicted molar refractivity (Wildman–Crippen MR) is 119 cm³/mol. The first kappa shape index (κ1) is 20.7. The number of nitrogens with one attached hydrogen (secondary N) is 1. The Morgan fingerprint density at radius 2 is 2.10 bits per heavy atom. The van der Waals surface area contributed by atoms with Crippen LogP contribution >= 0.6 is 22.7 Å². The number of ether oxygens (including phenoxy) is 1. The van der Waals surface area contributed by atoms with Gasteiger partial charge in [-0.05, 0) is 24.4 Å². The summed E-state index contributed by atoms with van der Waals surface area (Å²) in [5.41, 5.74) is 3.20. The van der Waals surface area contributed by atoms with Crippen LogP contribution in [0.4, 0.5) is 10.8 Å². The first-order chi connectivity index (χ1) is 14.9. The van der Waals surface area contributed by atoms with Crippen molar-refractivity contribution in [3.8, 4) is 17.0 Å². The zero-order valence-corrected chi connectivity index (χ0v) is 18.2. The highest BCUT2D eigenvalue weighted by atomic mass is 32.1. The van der Waals surface area contributed by atoms with E-state index in [1.54, 1.807) is 34.3 Å². The maximum atomic E-state index is 12.6. The largest absolute Gasteiger partial charge is 0.482 e. The van der Waals surface area contributed by atoms with E-state index in [1.165, 1.54) is 28.7 Å². The third-order valence-electron chi connectivity index (χ3n) is 4.35. The van der Waals surface area contributed by atoms with Crippen molar-refractivity contribution in [3.63, 3.8) is 0 Å². The summed E-state index contributed by atoms with van der Waals surface area (Å²) in [6.45, 7) is 2.03. The van der Waals surface area contributed by atoms with E-state index in [2.05, 4.69) is 15.4 Å². The molecule has 0 spiro atoms. The number of hydrogen-bond acceptors (Lipinski definition) is 8. The number of anilines is 1. The zero-order chi connectivity index (χ0) is 22.0. The van der Waals surface area contributed by atoms with Gasteiger partial charge in [-0.2, -0.15) is 5.10 Å². The number of para-hydroxylation sites is 2. The van der Waals surface area contributed by atoms with E-state index in [4.69, 9.17) is 4.74 Å². The lowest BCUT2D eigenvalue weighted by Crippen LogP contribution is -2.09. The number of carbonyl (C=O) groups is 1. The number of hydrogen-bond donors (Lipinski definition) is 1. The maximum Gasteiger partial charge on any atom is 0.310 e. The molecule has 158 valence electrons. The first-order valence-electron chi connectivity index (χ1n) is 9.12. The van der Waals surface area contributed by atoms with Crippen LogP contribution in [-0.4, -0.2) is 25.6 Å². The van der Waals surface area contributed by atoms with Gasteiger partial charge in [0.15, 0.2) is 10.9 Å². The van der Waals surface area contributed by atoms with Crippen LogP contribution in [0.15, 0.2) is 47.3 Å². The van der Waals surface area contributed by atoms with Gasteiger partial charge in [-0.1, -0.05) is 12.1 Å². The maximum absolute atomic E-state index is 12.6. The quantitative estimate of drug-likeness (QED) is 0.321. The fourth-order valence-corrected chi connectivity index (χ4v) is 4.42. The number of benzene rings is 1. The summed E-state index contributed by atoms with van der Waals surface area (Å²) in [4.78, 5) is 28.1. The molecule has 4 rings (SSSR count). The Labute approximate surface area is 185 Å². The summed E-state index contributed by atoms with van der Waals surface area (Å²) < 4.78 is 7.30. The molecule has 0 fully saturated rings. The van der Waals surface area contributed by atoms with Crippen LogP contribution in [0.5, 0.6) is 5.75 Å². The molecule has 1 aromatic carbocycles. The van der Waals surface area contributed by atoms with Crippen molar-refractivity contribution in [2.75, 3.05) is 5.32 Å². The first-order valence-corrected chi connectivity index (χ1v) is 10.9. The molecule has 0 saturated carbocycles. The summed E-state index contributed by atoms with van der Waals surface area (Å²) in [7, 11) is 1.85. The van der Waals surface area contributed by atoms with Crippen LogP contribution < -0.4 is 10.1 Å². The molecule has 0 aliphatic heterocycles. The summed E-state index contributed by atoms with van der Waals surface area (Å²) in [6.07, 6.45) is 1.89. The Morgan fingerprint density at radius 1 is 1.29 bits per heavy atom. The van der Waals surface area contributed by atoms with Crippen LogP contribution in [0.3, 0.4) is 0 Å². The summed E-state index contributed by atoms with van der Waals surface area (Å²) in [5, 5.41) is 22.4. The van der Waals surface area contributed by atoms with E-state index in [9.17, 15) is 14.9 Å². The number of nitrogens with zero attached hydrogens (tertiary/aromatic N) is 4. The second-order valence-corrected chi connectivity index (χ2v) is 8.40. The lowest BCUT2D eigenvalue weighted by molar-refractivity contribution is -0.385. The number of carbonyl (C=O) groups excluding carboxylic acids is 1. The number of nitro benzene ring substituents is 1. The van der Waals surface area contributed by atoms with Crippen molar-refractivity contribution in [2.24, 2.45) is 7.05 Å². The van der Waals surface area contributed by atoms with Crippen molar-refractivity contribution in [3.05, 3.63) is 73.5 Å². The van der Waals surface area contributed by atoms with Gasteiger partial charge in [0.05, 0.1) is 21.2 Å². The van der Waals surface area contributed by atoms with Crippen molar-refractivity contribution < 1.29 is 14.5 Å². The van der Waals surface area contributed by atoms with E-state index in [0.717, 1.165) is 22.5 Å². The van der Waals surface area contributed by atoms with Crippen LogP contribution in [-0.2, 0) is 13.7 Å². The molecule has 1 N–H and O–H groups in total. The smallest absolute Gasteiger partial charge is 0.310 e. The van der Waals surface area contributed by atoms with E-state index < -0.39 is 4.92 Å². The minimum Gasteiger partial charge on any atom is -0.482 e. The molecule has 0 saturated heterocycles. The molecule has 31 heavy (non-hydrogen) atoms. The molecule has 0 atom stereocenters. The molecular formula is C20H17N5O4S2. The number of nitro groups is 1. The lowest BCUT2D eigenvalue weighted by atomic mass is 10.2. The number of aromatic nitrogens is 3. The molecule has 0 aliphatic carbocycles. The van der Waals surface area contributed by atoms with E-state index >= 15 is 0 Å². The molecule has 4 aromatic rings. The van der Waals surface area contributed by atoms with Crippen LogP contribution in [0.2, 0.25) is 0 Å². The molecule has 1 amide bonds. The standard InChI is InChI=1S/C20H17N5O4S2/c1-12-14(8-24(2)23-12)15-11-31-20(21-15)22-19(26)18-7-13(10-30-18)9-29-17-6-4-3-5-16(17)25(27)28/h3-8,10-11H,9H2,1-2H3,(H,21,22,26). The Balaban J connectivity index is 1.40. The van der Waals surface area contributed by atoms with Crippen molar-refractivity contribution >= 4 is 39.4 Å². The minimum absolute atomic E-state index is 0.0980. The number of rotatable bonds is 7. The monoisotopic (exact) mass is 455 g/mol. The Kier molecular flexibility index (Phi) is 5.78. The van der Waals surface area contributed by atoms with Gasteiger partial charge in [-0.3, -0.25) is 24.9 Å². The van der Waals surface area contributed by atoms with Crippen LogP contribution in [0.25, 0.3) is 11.3 Å². The van der Waals surface area contributed by atoms with Gasteiger partial charge in [0.1, 0.15) is 6.61 Å². The van der Waals surface area contributed by atoms with Crippen molar-refractivity contribution in [1.29, 1.82) is 0 Å². The molecule has 0 unspecified atom stereocenters. The third-order valence-corrected chi connectivity index (χ3v) is 6.08. The van der Waals surface area contributed by atoms with Crippen molar-refractivity contribution in [1.82, 2.24) is 14.8 Å². The molecule has 0 bridgehead atoms. The number of amides is 1. The van der Waals surface area contributed by atoms with Crippen molar-refractivity contribution in [2.45, 2.75) is 13.5 Å². The van der Waals surface area contributed by atoms with Gasteiger partial charge < -0.3 is 4.74 Å². The van der Waals surface area contributed by atoms with Gasteiger partial charge >= 0.3 is 5.69 Å². The Morgan fingerprint density at radius 3 is 2.84 bits per heavy atom. The zero-order valence-electron chi connectivity index (χ0n) is 16.6. The van der Waals surface area contributed by atoms with Gasteiger partial charge in [-0.25, -0.2) is 4.98 Å². The molecule has 11 heteroatoms. The Hall–Kier alpha value is -3.57. The van der Waals surface area contributed by atoms with E-state index in [0.29, 0.717) is 10.0 Å². The Bertz CT molecular complexity index is 1260. The fraction of sp³-hybridized carbons (Fsp3) is 0.150. The number of thiazole rings is 1. The van der Waals surface area contributed by atoms with Gasteiger partial charge in [-0.15, -0.1) is 22.7 Å². The highest BCUT2D eigenvalue weighted by Crippen LogP contribution is 2.29. The fourth-order valence-electron chi connectivity index (χ4n) is 2.93. The SMILES string of the molecule is Cc1nn(C)cc1-c1csc(NC(=O)c2cc(COc3ccccc3[N+](=O)[O-])cs2)n1. The predicted octanol–water partition coefficient (Wildman–Crippen LogP) is 4.65. The van der Waals surface area contributed by atoms with Crippen LogP contribution in [0.1, 0.15) is 20.9 Å². The number of thiophene rings is 1. The minimum atomic E-state index is -0.489. The average molecular weight is 456 g/mol. The summed E-state index contributed by atoms with van der Waals surface area (Å²) in [5.74, 6) is -0.0866. The van der Waals surface area contributed by atoms with E-state index in [-0.39, 0.29) is 24.0 Å².